The number of H-pyrrole nitrogens is 1. The first-order chi connectivity index (χ1) is 9.74. The number of fused-ring (bicyclic) bond motifs is 1. The average molecular weight is 282 g/mol. The van der Waals surface area contributed by atoms with Crippen LogP contribution in [0.15, 0.2) is 60.8 Å². The fraction of sp³-hybridized carbons (Fsp3) is 0. The summed E-state index contributed by atoms with van der Waals surface area (Å²) < 4.78 is 0. The Balaban J connectivity index is 1.87. The first-order valence-corrected chi connectivity index (χ1v) is 6.66. The Morgan fingerprint density at radius 1 is 1.05 bits per heavy atom. The maximum absolute atomic E-state index is 12.0. The molecule has 0 saturated heterocycles. The summed E-state index contributed by atoms with van der Waals surface area (Å²) in [6, 6.07) is 14.9. The van der Waals surface area contributed by atoms with Gasteiger partial charge in [0.15, 0.2) is 5.78 Å². The van der Waals surface area contributed by atoms with E-state index < -0.39 is 0 Å². The standard InChI is InChI=1S/C17H12ClNO/c18-14-8-5-12(6-9-14)17(20)10-7-13-11-19-16-4-2-1-3-15(13)16/h1-11,19H/b10-7+. The molecule has 0 fully saturated rings. The number of allylic oxidation sites excluding steroid dienone is 1. The zero-order valence-electron chi connectivity index (χ0n) is 10.6. The molecule has 2 aromatic carbocycles. The van der Waals surface area contributed by atoms with Crippen LogP contribution in [0.25, 0.3) is 17.0 Å². The minimum Gasteiger partial charge on any atom is -0.361 e. The lowest BCUT2D eigenvalue weighted by Gasteiger charge is -1.95. The number of halogens is 1. The van der Waals surface area contributed by atoms with E-state index in [2.05, 4.69) is 4.98 Å². The van der Waals surface area contributed by atoms with Crippen LogP contribution < -0.4 is 0 Å². The SMILES string of the molecule is O=C(/C=C/c1c[nH]c2ccccc12)c1ccc(Cl)cc1. The van der Waals surface area contributed by atoms with Gasteiger partial charge < -0.3 is 4.98 Å². The largest absolute Gasteiger partial charge is 0.361 e. The van der Waals surface area contributed by atoms with E-state index in [9.17, 15) is 4.79 Å². The zero-order valence-corrected chi connectivity index (χ0v) is 11.4. The van der Waals surface area contributed by atoms with E-state index in [0.29, 0.717) is 10.6 Å². The number of benzene rings is 2. The number of rotatable bonds is 3. The van der Waals surface area contributed by atoms with Gasteiger partial charge in [0.2, 0.25) is 0 Å². The number of hydrogen-bond acceptors (Lipinski definition) is 1. The van der Waals surface area contributed by atoms with Crippen molar-refractivity contribution in [1.29, 1.82) is 0 Å². The van der Waals surface area contributed by atoms with Gasteiger partial charge in [-0.25, -0.2) is 0 Å². The van der Waals surface area contributed by atoms with Crippen LogP contribution in [0.5, 0.6) is 0 Å². The molecule has 1 aromatic heterocycles. The highest BCUT2D eigenvalue weighted by atomic mass is 35.5. The van der Waals surface area contributed by atoms with Crippen LogP contribution in [0.2, 0.25) is 5.02 Å². The fourth-order valence-corrected chi connectivity index (χ4v) is 2.23. The molecular formula is C17H12ClNO. The number of hydrogen-bond donors (Lipinski definition) is 1. The number of aromatic amines is 1. The highest BCUT2D eigenvalue weighted by molar-refractivity contribution is 6.30. The third-order valence-electron chi connectivity index (χ3n) is 3.16. The number of aromatic nitrogens is 1. The zero-order chi connectivity index (χ0) is 13.9. The minimum atomic E-state index is -0.0352. The van der Waals surface area contributed by atoms with Gasteiger partial charge in [-0.2, -0.15) is 0 Å². The van der Waals surface area contributed by atoms with E-state index in [1.54, 1.807) is 30.3 Å². The predicted molar refractivity (Wildman–Crippen MR) is 83.1 cm³/mol. The molecule has 3 rings (SSSR count). The van der Waals surface area contributed by atoms with Gasteiger partial charge in [0.1, 0.15) is 0 Å². The van der Waals surface area contributed by atoms with Gasteiger partial charge in [-0.05, 0) is 48.0 Å². The molecular weight excluding hydrogens is 270 g/mol. The van der Waals surface area contributed by atoms with Crippen LogP contribution in [-0.4, -0.2) is 10.8 Å². The second-order valence-electron chi connectivity index (χ2n) is 4.49. The first-order valence-electron chi connectivity index (χ1n) is 6.28. The summed E-state index contributed by atoms with van der Waals surface area (Å²) in [5.41, 5.74) is 2.69. The van der Waals surface area contributed by atoms with E-state index in [0.717, 1.165) is 16.5 Å². The lowest BCUT2D eigenvalue weighted by atomic mass is 10.1. The number of ketones is 1. The Hall–Kier alpha value is -2.32. The lowest BCUT2D eigenvalue weighted by molar-refractivity contribution is 0.104. The van der Waals surface area contributed by atoms with E-state index in [1.807, 2.05) is 36.5 Å². The van der Waals surface area contributed by atoms with Gasteiger partial charge in [0.25, 0.3) is 0 Å². The highest BCUT2D eigenvalue weighted by Crippen LogP contribution is 2.19. The molecule has 2 nitrogen and oxygen atoms in total. The summed E-state index contributed by atoms with van der Waals surface area (Å²) in [6.45, 7) is 0. The summed E-state index contributed by atoms with van der Waals surface area (Å²) in [6.07, 6.45) is 5.31. The second kappa shape index (κ2) is 5.35. The maximum Gasteiger partial charge on any atom is 0.185 e. The number of carbonyl (C=O) groups excluding carboxylic acids is 1. The molecule has 1 N–H and O–H groups in total. The highest BCUT2D eigenvalue weighted by Gasteiger charge is 2.03. The van der Waals surface area contributed by atoms with Crippen LogP contribution in [0.1, 0.15) is 15.9 Å². The summed E-state index contributed by atoms with van der Waals surface area (Å²) in [4.78, 5) is 15.2. The monoisotopic (exact) mass is 281 g/mol. The van der Waals surface area contributed by atoms with Gasteiger partial charge in [0, 0.05) is 27.7 Å². The van der Waals surface area contributed by atoms with Crippen LogP contribution in [0, 0.1) is 0 Å². The number of para-hydroxylation sites is 1. The van der Waals surface area contributed by atoms with Crippen molar-refractivity contribution in [1.82, 2.24) is 4.98 Å². The van der Waals surface area contributed by atoms with Crippen molar-refractivity contribution in [2.24, 2.45) is 0 Å². The smallest absolute Gasteiger partial charge is 0.185 e. The van der Waals surface area contributed by atoms with E-state index in [-0.39, 0.29) is 5.78 Å². The Bertz CT molecular complexity index is 784. The van der Waals surface area contributed by atoms with Crippen molar-refractivity contribution in [3.63, 3.8) is 0 Å². The molecule has 0 spiro atoms. The third-order valence-corrected chi connectivity index (χ3v) is 3.42. The molecule has 20 heavy (non-hydrogen) atoms. The van der Waals surface area contributed by atoms with Gasteiger partial charge in [0.05, 0.1) is 0 Å². The molecule has 0 radical (unpaired) electrons. The topological polar surface area (TPSA) is 32.9 Å². The van der Waals surface area contributed by atoms with Gasteiger partial charge >= 0.3 is 0 Å². The Morgan fingerprint density at radius 3 is 2.60 bits per heavy atom. The molecule has 1 heterocycles. The molecule has 0 amide bonds. The molecule has 0 aliphatic heterocycles. The average Bonchev–Trinajstić information content (AvgIpc) is 2.89. The molecule has 0 saturated carbocycles. The Morgan fingerprint density at radius 2 is 1.80 bits per heavy atom. The molecule has 3 aromatic rings. The molecule has 0 aliphatic carbocycles. The number of carbonyl (C=O) groups is 1. The van der Waals surface area contributed by atoms with E-state index in [4.69, 9.17) is 11.6 Å². The van der Waals surface area contributed by atoms with Crippen molar-refractivity contribution in [3.8, 4) is 0 Å². The van der Waals surface area contributed by atoms with Crippen LogP contribution in [0.4, 0.5) is 0 Å². The van der Waals surface area contributed by atoms with Crippen molar-refractivity contribution in [2.45, 2.75) is 0 Å². The lowest BCUT2D eigenvalue weighted by Crippen LogP contribution is -1.92. The van der Waals surface area contributed by atoms with Gasteiger partial charge in [-0.1, -0.05) is 29.8 Å². The normalized spacial score (nSPS) is 11.2. The third kappa shape index (κ3) is 2.51. The van der Waals surface area contributed by atoms with Gasteiger partial charge in [-0.15, -0.1) is 0 Å². The molecule has 3 heteroatoms. The Kier molecular flexibility index (Phi) is 3.40. The molecule has 0 aliphatic rings. The van der Waals surface area contributed by atoms with E-state index >= 15 is 0 Å². The van der Waals surface area contributed by atoms with Crippen molar-refractivity contribution < 1.29 is 4.79 Å². The second-order valence-corrected chi connectivity index (χ2v) is 4.93. The van der Waals surface area contributed by atoms with E-state index in [1.165, 1.54) is 0 Å². The summed E-state index contributed by atoms with van der Waals surface area (Å²) in [5.74, 6) is -0.0352. The van der Waals surface area contributed by atoms with Crippen molar-refractivity contribution in [2.75, 3.05) is 0 Å². The predicted octanol–water partition coefficient (Wildman–Crippen LogP) is 4.72. The van der Waals surface area contributed by atoms with Crippen molar-refractivity contribution in [3.05, 3.63) is 77.0 Å². The molecule has 98 valence electrons. The first kappa shape index (κ1) is 12.7. The van der Waals surface area contributed by atoms with Crippen molar-refractivity contribution >= 4 is 34.4 Å². The fourth-order valence-electron chi connectivity index (χ4n) is 2.11. The quantitative estimate of drug-likeness (QED) is 0.547. The minimum absolute atomic E-state index is 0.0352. The molecule has 0 bridgehead atoms. The summed E-state index contributed by atoms with van der Waals surface area (Å²) in [5, 5.41) is 1.73. The number of nitrogens with one attached hydrogen (secondary N) is 1. The van der Waals surface area contributed by atoms with Crippen LogP contribution in [-0.2, 0) is 0 Å². The summed E-state index contributed by atoms with van der Waals surface area (Å²) in [7, 11) is 0. The molecule has 0 atom stereocenters. The van der Waals surface area contributed by atoms with Crippen LogP contribution >= 0.6 is 11.6 Å². The maximum atomic E-state index is 12.0. The summed E-state index contributed by atoms with van der Waals surface area (Å²) >= 11 is 5.81. The van der Waals surface area contributed by atoms with Crippen LogP contribution in [0.3, 0.4) is 0 Å². The van der Waals surface area contributed by atoms with Gasteiger partial charge in [-0.3, -0.25) is 4.79 Å². The Labute approximate surface area is 121 Å². The molecule has 0 unspecified atom stereocenters.